The SMILES string of the molecule is Cc1nn(CC(=O)NC(C)Cn2cccn2)c(C)c1C. The molecule has 2 rings (SSSR count). The smallest absolute Gasteiger partial charge is 0.242 e. The molecule has 0 aromatic carbocycles. The number of nitrogens with one attached hydrogen (secondary N) is 1. The van der Waals surface area contributed by atoms with Crippen LogP contribution in [0.25, 0.3) is 0 Å². The van der Waals surface area contributed by atoms with Gasteiger partial charge in [0, 0.05) is 24.1 Å². The second-order valence-electron chi connectivity index (χ2n) is 5.15. The fourth-order valence-corrected chi connectivity index (χ4v) is 2.13. The first-order valence-electron chi connectivity index (χ1n) is 6.74. The molecule has 0 saturated heterocycles. The van der Waals surface area contributed by atoms with Gasteiger partial charge in [-0.15, -0.1) is 0 Å². The van der Waals surface area contributed by atoms with E-state index in [1.165, 1.54) is 0 Å². The summed E-state index contributed by atoms with van der Waals surface area (Å²) in [4.78, 5) is 12.0. The van der Waals surface area contributed by atoms with E-state index in [2.05, 4.69) is 15.5 Å². The van der Waals surface area contributed by atoms with Crippen LogP contribution in [-0.4, -0.2) is 31.5 Å². The maximum Gasteiger partial charge on any atom is 0.242 e. The molecule has 0 fully saturated rings. The normalized spacial score (nSPS) is 12.4. The third kappa shape index (κ3) is 3.26. The van der Waals surface area contributed by atoms with Gasteiger partial charge in [-0.1, -0.05) is 0 Å². The number of rotatable bonds is 5. The van der Waals surface area contributed by atoms with Crippen molar-refractivity contribution < 1.29 is 4.79 Å². The lowest BCUT2D eigenvalue weighted by atomic mass is 10.2. The first-order valence-corrected chi connectivity index (χ1v) is 6.74. The van der Waals surface area contributed by atoms with E-state index in [9.17, 15) is 4.79 Å². The van der Waals surface area contributed by atoms with Crippen molar-refractivity contribution in [2.75, 3.05) is 0 Å². The van der Waals surface area contributed by atoms with E-state index in [4.69, 9.17) is 0 Å². The molecule has 0 spiro atoms. The van der Waals surface area contributed by atoms with Gasteiger partial charge in [0.15, 0.2) is 0 Å². The van der Waals surface area contributed by atoms with Crippen LogP contribution in [0.4, 0.5) is 0 Å². The fraction of sp³-hybridized carbons (Fsp3) is 0.500. The molecule has 1 N–H and O–H groups in total. The molecule has 2 aromatic rings. The maximum absolute atomic E-state index is 12.0. The van der Waals surface area contributed by atoms with E-state index in [0.717, 1.165) is 17.0 Å². The van der Waals surface area contributed by atoms with Crippen molar-refractivity contribution in [2.45, 2.75) is 46.8 Å². The third-order valence-corrected chi connectivity index (χ3v) is 3.46. The topological polar surface area (TPSA) is 64.7 Å². The second kappa shape index (κ2) is 5.90. The molecule has 0 saturated carbocycles. The Bertz CT molecular complexity index is 585. The number of carbonyl (C=O) groups is 1. The van der Waals surface area contributed by atoms with Crippen molar-refractivity contribution in [1.82, 2.24) is 24.9 Å². The molecule has 0 bridgehead atoms. The average Bonchev–Trinajstić information content (AvgIpc) is 2.95. The van der Waals surface area contributed by atoms with Crippen molar-refractivity contribution in [1.29, 1.82) is 0 Å². The summed E-state index contributed by atoms with van der Waals surface area (Å²) in [5.41, 5.74) is 3.15. The fourth-order valence-electron chi connectivity index (χ4n) is 2.13. The van der Waals surface area contributed by atoms with E-state index in [1.54, 1.807) is 15.6 Å². The summed E-state index contributed by atoms with van der Waals surface area (Å²) in [5, 5.41) is 11.5. The lowest BCUT2D eigenvalue weighted by Gasteiger charge is -2.14. The monoisotopic (exact) mass is 275 g/mol. The van der Waals surface area contributed by atoms with Crippen LogP contribution in [0.5, 0.6) is 0 Å². The summed E-state index contributed by atoms with van der Waals surface area (Å²) in [5.74, 6) is -0.0322. The number of aromatic nitrogens is 4. The number of carbonyl (C=O) groups excluding carboxylic acids is 1. The number of amides is 1. The van der Waals surface area contributed by atoms with Crippen LogP contribution < -0.4 is 5.32 Å². The van der Waals surface area contributed by atoms with Crippen molar-refractivity contribution >= 4 is 5.91 Å². The summed E-state index contributed by atoms with van der Waals surface area (Å²) in [6.07, 6.45) is 3.61. The molecular weight excluding hydrogens is 254 g/mol. The Morgan fingerprint density at radius 2 is 2.15 bits per heavy atom. The number of nitrogens with zero attached hydrogens (tertiary/aromatic N) is 4. The molecule has 1 amide bonds. The molecule has 6 nitrogen and oxygen atoms in total. The molecule has 20 heavy (non-hydrogen) atoms. The van der Waals surface area contributed by atoms with E-state index < -0.39 is 0 Å². The van der Waals surface area contributed by atoms with Crippen molar-refractivity contribution in [3.05, 3.63) is 35.4 Å². The third-order valence-electron chi connectivity index (χ3n) is 3.46. The van der Waals surface area contributed by atoms with Crippen LogP contribution in [0.2, 0.25) is 0 Å². The Morgan fingerprint density at radius 3 is 2.70 bits per heavy atom. The number of aryl methyl sites for hydroxylation is 1. The molecule has 0 aliphatic carbocycles. The van der Waals surface area contributed by atoms with E-state index in [-0.39, 0.29) is 18.5 Å². The molecule has 6 heteroatoms. The summed E-state index contributed by atoms with van der Waals surface area (Å²) in [6.45, 7) is 8.84. The van der Waals surface area contributed by atoms with Crippen LogP contribution in [0.3, 0.4) is 0 Å². The number of hydrogen-bond donors (Lipinski definition) is 1. The summed E-state index contributed by atoms with van der Waals surface area (Å²) in [7, 11) is 0. The minimum Gasteiger partial charge on any atom is -0.350 e. The molecular formula is C14H21N5O. The molecule has 2 aromatic heterocycles. The first-order chi connectivity index (χ1) is 9.47. The highest BCUT2D eigenvalue weighted by molar-refractivity contribution is 5.76. The standard InChI is InChI=1S/C14H21N5O/c1-10(8-18-7-5-6-15-18)16-14(20)9-19-13(4)11(2)12(3)17-19/h5-7,10H,8-9H2,1-4H3,(H,16,20). The van der Waals surface area contributed by atoms with Crippen LogP contribution in [0.1, 0.15) is 23.9 Å². The van der Waals surface area contributed by atoms with Gasteiger partial charge in [0.25, 0.3) is 0 Å². The van der Waals surface area contributed by atoms with Gasteiger partial charge in [0.2, 0.25) is 5.91 Å². The first kappa shape index (κ1) is 14.3. The Labute approximate surface area is 118 Å². The van der Waals surface area contributed by atoms with E-state index in [1.807, 2.05) is 40.0 Å². The van der Waals surface area contributed by atoms with Gasteiger partial charge in [-0.05, 0) is 39.3 Å². The lowest BCUT2D eigenvalue weighted by molar-refractivity contribution is -0.122. The van der Waals surface area contributed by atoms with Crippen molar-refractivity contribution in [3.63, 3.8) is 0 Å². The van der Waals surface area contributed by atoms with Gasteiger partial charge < -0.3 is 5.32 Å². The molecule has 1 atom stereocenters. The van der Waals surface area contributed by atoms with Crippen LogP contribution in [-0.2, 0) is 17.9 Å². The quantitative estimate of drug-likeness (QED) is 0.892. The van der Waals surface area contributed by atoms with Crippen molar-refractivity contribution in [2.24, 2.45) is 0 Å². The Hall–Kier alpha value is -2.11. The van der Waals surface area contributed by atoms with Crippen LogP contribution in [0.15, 0.2) is 18.5 Å². The van der Waals surface area contributed by atoms with Crippen molar-refractivity contribution in [3.8, 4) is 0 Å². The summed E-state index contributed by atoms with van der Waals surface area (Å²) < 4.78 is 3.55. The summed E-state index contributed by atoms with van der Waals surface area (Å²) in [6, 6.07) is 1.90. The van der Waals surface area contributed by atoms with Gasteiger partial charge >= 0.3 is 0 Å². The summed E-state index contributed by atoms with van der Waals surface area (Å²) >= 11 is 0. The molecule has 2 heterocycles. The predicted octanol–water partition coefficient (Wildman–Crippen LogP) is 1.21. The lowest BCUT2D eigenvalue weighted by Crippen LogP contribution is -2.38. The molecule has 1 unspecified atom stereocenters. The minimum atomic E-state index is -0.0322. The number of hydrogen-bond acceptors (Lipinski definition) is 3. The molecule has 0 aliphatic heterocycles. The second-order valence-corrected chi connectivity index (χ2v) is 5.15. The minimum absolute atomic E-state index is 0.0282. The van der Waals surface area contributed by atoms with Gasteiger partial charge in [0.1, 0.15) is 6.54 Å². The zero-order valence-electron chi connectivity index (χ0n) is 12.4. The Balaban J connectivity index is 1.90. The average molecular weight is 275 g/mol. The highest BCUT2D eigenvalue weighted by atomic mass is 16.2. The Kier molecular flexibility index (Phi) is 4.22. The Morgan fingerprint density at radius 1 is 1.40 bits per heavy atom. The van der Waals surface area contributed by atoms with Crippen LogP contribution in [0, 0.1) is 20.8 Å². The van der Waals surface area contributed by atoms with Crippen LogP contribution >= 0.6 is 0 Å². The molecule has 108 valence electrons. The zero-order chi connectivity index (χ0) is 14.7. The maximum atomic E-state index is 12.0. The van der Waals surface area contributed by atoms with Gasteiger partial charge in [-0.25, -0.2) is 0 Å². The van der Waals surface area contributed by atoms with Gasteiger partial charge in [0.05, 0.1) is 12.2 Å². The highest BCUT2D eigenvalue weighted by Gasteiger charge is 2.12. The highest BCUT2D eigenvalue weighted by Crippen LogP contribution is 2.10. The van der Waals surface area contributed by atoms with Gasteiger partial charge in [-0.2, -0.15) is 10.2 Å². The predicted molar refractivity (Wildman–Crippen MR) is 76.3 cm³/mol. The largest absolute Gasteiger partial charge is 0.350 e. The van der Waals surface area contributed by atoms with E-state index in [0.29, 0.717) is 6.54 Å². The van der Waals surface area contributed by atoms with Gasteiger partial charge in [-0.3, -0.25) is 14.2 Å². The molecule has 0 radical (unpaired) electrons. The zero-order valence-corrected chi connectivity index (χ0v) is 12.4. The van der Waals surface area contributed by atoms with E-state index >= 15 is 0 Å². The molecule has 0 aliphatic rings.